The fourth-order valence-electron chi connectivity index (χ4n) is 4.39. The zero-order valence-corrected chi connectivity index (χ0v) is 21.0. The zero-order valence-electron chi connectivity index (χ0n) is 18.7. The van der Waals surface area contributed by atoms with Crippen molar-refractivity contribution in [2.45, 2.75) is 59.1 Å². The lowest BCUT2D eigenvalue weighted by atomic mass is 9.78. The minimum Gasteiger partial charge on any atom is -0.377 e. The van der Waals surface area contributed by atoms with Crippen LogP contribution >= 0.6 is 24.0 Å². The molecule has 0 bridgehead atoms. The number of pyridine rings is 1. The molecule has 2 fully saturated rings. The molecule has 2 N–H and O–H groups in total. The Morgan fingerprint density at radius 1 is 1.37 bits per heavy atom. The van der Waals surface area contributed by atoms with E-state index in [4.69, 9.17) is 9.73 Å². The van der Waals surface area contributed by atoms with E-state index in [1.807, 2.05) is 4.90 Å². The number of anilines is 1. The van der Waals surface area contributed by atoms with Gasteiger partial charge in [0.15, 0.2) is 17.6 Å². The molecule has 3 unspecified atom stereocenters. The number of nitrogens with zero attached hydrogens (tertiary/aromatic N) is 3. The summed E-state index contributed by atoms with van der Waals surface area (Å²) in [6.07, 6.45) is 5.06. The SMILES string of the molecule is CCNC(=NCC1CCCOC1C(C)(C)C)NC1CCN(c2ncccc2F)C1.I. The molecular weight excluding hydrogens is 496 g/mol. The Bertz CT molecular complexity index is 696. The minimum absolute atomic E-state index is 0. The summed E-state index contributed by atoms with van der Waals surface area (Å²) in [5, 5.41) is 6.89. The van der Waals surface area contributed by atoms with Crippen LogP contribution in [-0.2, 0) is 4.74 Å². The van der Waals surface area contributed by atoms with Crippen LogP contribution < -0.4 is 15.5 Å². The smallest absolute Gasteiger partial charge is 0.191 e. The molecule has 2 aliphatic rings. The second kappa shape index (κ2) is 11.5. The molecule has 3 atom stereocenters. The average molecular weight is 533 g/mol. The number of rotatable bonds is 5. The largest absolute Gasteiger partial charge is 0.377 e. The van der Waals surface area contributed by atoms with E-state index in [0.717, 1.165) is 58.0 Å². The van der Waals surface area contributed by atoms with E-state index < -0.39 is 0 Å². The van der Waals surface area contributed by atoms with Gasteiger partial charge in [0, 0.05) is 50.9 Å². The lowest BCUT2D eigenvalue weighted by Gasteiger charge is -2.39. The van der Waals surface area contributed by atoms with Crippen LogP contribution in [0.1, 0.15) is 47.0 Å². The molecule has 0 aromatic carbocycles. The van der Waals surface area contributed by atoms with Crippen LogP contribution in [0.3, 0.4) is 0 Å². The van der Waals surface area contributed by atoms with Crippen molar-refractivity contribution in [2.24, 2.45) is 16.3 Å². The lowest BCUT2D eigenvalue weighted by molar-refractivity contribution is -0.0823. The normalized spacial score (nSPS) is 25.0. The number of hydrogen-bond donors (Lipinski definition) is 2. The fraction of sp³-hybridized carbons (Fsp3) is 0.727. The molecule has 6 nitrogen and oxygen atoms in total. The van der Waals surface area contributed by atoms with Gasteiger partial charge in [-0.25, -0.2) is 9.37 Å². The van der Waals surface area contributed by atoms with E-state index in [2.05, 4.69) is 43.3 Å². The van der Waals surface area contributed by atoms with Crippen molar-refractivity contribution in [1.29, 1.82) is 0 Å². The highest BCUT2D eigenvalue weighted by molar-refractivity contribution is 14.0. The van der Waals surface area contributed by atoms with E-state index in [-0.39, 0.29) is 47.4 Å². The maximum absolute atomic E-state index is 14.0. The highest BCUT2D eigenvalue weighted by Gasteiger charge is 2.35. The molecular formula is C22H37FIN5O. The monoisotopic (exact) mass is 533 g/mol. The molecule has 1 aromatic heterocycles. The van der Waals surface area contributed by atoms with Crippen molar-refractivity contribution < 1.29 is 9.13 Å². The molecule has 1 aromatic rings. The van der Waals surface area contributed by atoms with Gasteiger partial charge in [0.05, 0.1) is 6.10 Å². The predicted molar refractivity (Wildman–Crippen MR) is 131 cm³/mol. The van der Waals surface area contributed by atoms with Crippen molar-refractivity contribution in [3.05, 3.63) is 24.1 Å². The first-order valence-corrected chi connectivity index (χ1v) is 10.9. The molecule has 170 valence electrons. The van der Waals surface area contributed by atoms with E-state index in [1.54, 1.807) is 12.3 Å². The molecule has 0 amide bonds. The summed E-state index contributed by atoms with van der Waals surface area (Å²) < 4.78 is 20.1. The quantitative estimate of drug-likeness (QED) is 0.343. The van der Waals surface area contributed by atoms with Crippen LogP contribution in [0.25, 0.3) is 0 Å². The second-order valence-corrected chi connectivity index (χ2v) is 9.16. The van der Waals surface area contributed by atoms with Gasteiger partial charge in [-0.1, -0.05) is 20.8 Å². The third kappa shape index (κ3) is 6.67. The molecule has 0 spiro atoms. The van der Waals surface area contributed by atoms with Crippen molar-refractivity contribution in [2.75, 3.05) is 37.7 Å². The van der Waals surface area contributed by atoms with Crippen LogP contribution in [0, 0.1) is 17.2 Å². The third-order valence-electron chi connectivity index (χ3n) is 5.69. The van der Waals surface area contributed by atoms with Crippen LogP contribution in [0.15, 0.2) is 23.3 Å². The van der Waals surface area contributed by atoms with E-state index >= 15 is 0 Å². The number of aliphatic imine (C=N–C) groups is 1. The summed E-state index contributed by atoms with van der Waals surface area (Å²) in [5.74, 6) is 1.44. The molecule has 30 heavy (non-hydrogen) atoms. The number of hydrogen-bond acceptors (Lipinski definition) is 4. The van der Waals surface area contributed by atoms with Gasteiger partial charge in [-0.15, -0.1) is 24.0 Å². The van der Waals surface area contributed by atoms with Gasteiger partial charge >= 0.3 is 0 Å². The molecule has 0 aliphatic carbocycles. The maximum atomic E-state index is 14.0. The van der Waals surface area contributed by atoms with Crippen LogP contribution in [-0.4, -0.2) is 55.9 Å². The first kappa shape index (κ1) is 25.1. The van der Waals surface area contributed by atoms with Gasteiger partial charge in [0.1, 0.15) is 0 Å². The molecule has 2 aliphatic heterocycles. The Morgan fingerprint density at radius 2 is 2.17 bits per heavy atom. The molecule has 2 saturated heterocycles. The highest BCUT2D eigenvalue weighted by Crippen LogP contribution is 2.34. The summed E-state index contributed by atoms with van der Waals surface area (Å²) in [7, 11) is 0. The number of aromatic nitrogens is 1. The van der Waals surface area contributed by atoms with Crippen LogP contribution in [0.5, 0.6) is 0 Å². The van der Waals surface area contributed by atoms with E-state index in [0.29, 0.717) is 11.7 Å². The summed E-state index contributed by atoms with van der Waals surface area (Å²) in [6, 6.07) is 3.31. The van der Waals surface area contributed by atoms with Crippen molar-refractivity contribution in [1.82, 2.24) is 15.6 Å². The first-order chi connectivity index (χ1) is 13.9. The fourth-order valence-corrected chi connectivity index (χ4v) is 4.39. The van der Waals surface area contributed by atoms with E-state index in [1.165, 1.54) is 6.07 Å². The van der Waals surface area contributed by atoms with Crippen molar-refractivity contribution in [3.63, 3.8) is 0 Å². The Labute approximate surface area is 197 Å². The zero-order chi connectivity index (χ0) is 20.9. The lowest BCUT2D eigenvalue weighted by Crippen LogP contribution is -2.46. The highest BCUT2D eigenvalue weighted by atomic mass is 127. The number of ether oxygens (including phenoxy) is 1. The maximum Gasteiger partial charge on any atom is 0.191 e. The molecule has 8 heteroatoms. The van der Waals surface area contributed by atoms with E-state index in [9.17, 15) is 4.39 Å². The standard InChI is InChI=1S/C22H36FN5O.HI/c1-5-24-21(26-14-16-8-7-13-29-19(16)22(2,3)4)27-17-10-12-28(15-17)20-18(23)9-6-11-25-20;/h6,9,11,16-17,19H,5,7-8,10,12-15H2,1-4H3,(H2,24,26,27);1H. The van der Waals surface area contributed by atoms with Crippen LogP contribution in [0.4, 0.5) is 10.2 Å². The third-order valence-corrected chi connectivity index (χ3v) is 5.69. The number of halogens is 2. The molecule has 3 heterocycles. The molecule has 3 rings (SSSR count). The second-order valence-electron chi connectivity index (χ2n) is 9.16. The van der Waals surface area contributed by atoms with Gasteiger partial charge in [-0.2, -0.15) is 0 Å². The number of nitrogens with one attached hydrogen (secondary N) is 2. The predicted octanol–water partition coefficient (Wildman–Crippen LogP) is 3.81. The summed E-state index contributed by atoms with van der Waals surface area (Å²) in [4.78, 5) is 11.1. The van der Waals surface area contributed by atoms with Gasteiger partial charge in [-0.3, -0.25) is 4.99 Å². The summed E-state index contributed by atoms with van der Waals surface area (Å²) >= 11 is 0. The Kier molecular flexibility index (Phi) is 9.59. The summed E-state index contributed by atoms with van der Waals surface area (Å²) in [6.45, 7) is 12.7. The average Bonchev–Trinajstić information content (AvgIpc) is 3.14. The van der Waals surface area contributed by atoms with Gasteiger partial charge in [0.2, 0.25) is 0 Å². The molecule has 0 saturated carbocycles. The van der Waals surface area contributed by atoms with Gasteiger partial charge < -0.3 is 20.3 Å². The minimum atomic E-state index is -0.265. The van der Waals surface area contributed by atoms with Crippen LogP contribution in [0.2, 0.25) is 0 Å². The van der Waals surface area contributed by atoms with Gasteiger partial charge in [-0.05, 0) is 43.7 Å². The summed E-state index contributed by atoms with van der Waals surface area (Å²) in [5.41, 5.74) is 0.116. The molecule has 0 radical (unpaired) electrons. The van der Waals surface area contributed by atoms with Crippen molar-refractivity contribution in [3.8, 4) is 0 Å². The first-order valence-electron chi connectivity index (χ1n) is 10.9. The Balaban J connectivity index is 0.00000320. The Hall–Kier alpha value is -1.16. The van der Waals surface area contributed by atoms with Gasteiger partial charge in [0.25, 0.3) is 0 Å². The van der Waals surface area contributed by atoms with Crippen molar-refractivity contribution >= 4 is 35.8 Å². The topological polar surface area (TPSA) is 61.8 Å². The number of guanidine groups is 1. The Morgan fingerprint density at radius 3 is 2.87 bits per heavy atom.